The van der Waals surface area contributed by atoms with Gasteiger partial charge in [-0.2, -0.15) is 0 Å². The highest BCUT2D eigenvalue weighted by molar-refractivity contribution is 7.07. The Morgan fingerprint density at radius 2 is 1.76 bits per heavy atom. The average Bonchev–Trinajstić information content (AvgIpc) is 3.32. The number of hydrogen-bond acceptors (Lipinski definition) is 8. The van der Waals surface area contributed by atoms with E-state index in [-0.39, 0.29) is 23.6 Å². The van der Waals surface area contributed by atoms with Gasteiger partial charge in [0.25, 0.3) is 5.56 Å². The molecule has 42 heavy (non-hydrogen) atoms. The molecular formula is C32H29FN2O6S. The largest absolute Gasteiger partial charge is 0.490 e. The molecule has 10 heteroatoms. The molecule has 0 radical (unpaired) electrons. The monoisotopic (exact) mass is 588 g/mol. The maximum Gasteiger partial charge on any atom is 0.337 e. The van der Waals surface area contributed by atoms with Crippen molar-refractivity contribution in [1.29, 1.82) is 0 Å². The highest BCUT2D eigenvalue weighted by Gasteiger charge is 2.31. The van der Waals surface area contributed by atoms with Crippen LogP contribution in [0.4, 0.5) is 4.39 Å². The second kappa shape index (κ2) is 12.9. The Balaban J connectivity index is 1.53. The molecule has 0 amide bonds. The van der Waals surface area contributed by atoms with Crippen molar-refractivity contribution >= 4 is 23.4 Å². The molecule has 1 aliphatic rings. The SMILES string of the molecule is CCOc1ccc([C@H]2C(C(=O)OC)=CN=c3s/c(=C/c4cccc(OCc5ccc(F)cc5)c4)c(=O)n32)cc1OCC. The normalized spacial score (nSPS) is 14.4. The van der Waals surface area contributed by atoms with Gasteiger partial charge in [-0.25, -0.2) is 14.2 Å². The van der Waals surface area contributed by atoms with E-state index in [1.54, 1.807) is 36.4 Å². The number of aromatic nitrogens is 1. The number of rotatable bonds is 10. The number of benzene rings is 3. The van der Waals surface area contributed by atoms with Crippen LogP contribution in [0.1, 0.15) is 36.6 Å². The third kappa shape index (κ3) is 6.13. The van der Waals surface area contributed by atoms with Crippen LogP contribution >= 0.6 is 11.3 Å². The number of carbonyl (C=O) groups excluding carboxylic acids is 1. The van der Waals surface area contributed by atoms with Gasteiger partial charge in [0.1, 0.15) is 18.2 Å². The van der Waals surface area contributed by atoms with E-state index in [9.17, 15) is 14.0 Å². The Kier molecular flexibility index (Phi) is 8.83. The molecule has 2 heterocycles. The summed E-state index contributed by atoms with van der Waals surface area (Å²) >= 11 is 1.22. The number of thiazole rings is 1. The molecule has 1 aromatic heterocycles. The summed E-state index contributed by atoms with van der Waals surface area (Å²) in [6.07, 6.45) is 3.21. The zero-order chi connectivity index (χ0) is 29.6. The minimum absolute atomic E-state index is 0.222. The zero-order valence-corrected chi connectivity index (χ0v) is 24.2. The van der Waals surface area contributed by atoms with E-state index >= 15 is 0 Å². The highest BCUT2D eigenvalue weighted by Crippen LogP contribution is 2.35. The minimum Gasteiger partial charge on any atom is -0.490 e. The first kappa shape index (κ1) is 28.8. The fraction of sp³-hybridized carbons (Fsp3) is 0.219. The second-order valence-corrected chi connectivity index (χ2v) is 10.2. The van der Waals surface area contributed by atoms with Gasteiger partial charge in [-0.15, -0.1) is 0 Å². The van der Waals surface area contributed by atoms with Crippen LogP contribution in [-0.4, -0.2) is 30.9 Å². The van der Waals surface area contributed by atoms with E-state index in [4.69, 9.17) is 18.9 Å². The van der Waals surface area contributed by atoms with Gasteiger partial charge in [0.2, 0.25) is 0 Å². The lowest BCUT2D eigenvalue weighted by molar-refractivity contribution is -0.136. The Morgan fingerprint density at radius 1 is 1.00 bits per heavy atom. The summed E-state index contributed by atoms with van der Waals surface area (Å²) in [7, 11) is 1.29. The van der Waals surface area contributed by atoms with E-state index in [2.05, 4.69) is 4.99 Å². The van der Waals surface area contributed by atoms with Gasteiger partial charge in [0.05, 0.1) is 36.5 Å². The maximum atomic E-state index is 13.8. The van der Waals surface area contributed by atoms with E-state index < -0.39 is 12.0 Å². The first-order valence-corrected chi connectivity index (χ1v) is 14.2. The molecule has 8 nitrogen and oxygen atoms in total. The lowest BCUT2D eigenvalue weighted by Crippen LogP contribution is -2.39. The summed E-state index contributed by atoms with van der Waals surface area (Å²) in [5, 5.41) is 0. The van der Waals surface area contributed by atoms with Crippen molar-refractivity contribution in [1.82, 2.24) is 4.57 Å². The van der Waals surface area contributed by atoms with Crippen LogP contribution in [0.25, 0.3) is 6.08 Å². The van der Waals surface area contributed by atoms with E-state index in [1.807, 2.05) is 38.1 Å². The maximum absolute atomic E-state index is 13.8. The molecule has 0 bridgehead atoms. The number of methoxy groups -OCH3 is 1. The van der Waals surface area contributed by atoms with E-state index in [1.165, 1.54) is 41.3 Å². The van der Waals surface area contributed by atoms with E-state index in [0.717, 1.165) is 11.1 Å². The predicted molar refractivity (Wildman–Crippen MR) is 157 cm³/mol. The van der Waals surface area contributed by atoms with Crippen LogP contribution in [0.2, 0.25) is 0 Å². The number of nitrogens with zero attached hydrogens (tertiary/aromatic N) is 2. The van der Waals surface area contributed by atoms with Crippen molar-refractivity contribution in [2.24, 2.45) is 4.99 Å². The Labute approximate surface area is 245 Å². The highest BCUT2D eigenvalue weighted by atomic mass is 32.1. The number of ether oxygens (including phenoxy) is 4. The fourth-order valence-electron chi connectivity index (χ4n) is 4.58. The molecular weight excluding hydrogens is 559 g/mol. The van der Waals surface area contributed by atoms with Crippen molar-refractivity contribution < 1.29 is 28.1 Å². The number of halogens is 1. The summed E-state index contributed by atoms with van der Waals surface area (Å²) in [5.41, 5.74) is 2.15. The van der Waals surface area contributed by atoms with Crippen LogP contribution < -0.4 is 29.1 Å². The number of esters is 1. The van der Waals surface area contributed by atoms with Crippen molar-refractivity contribution in [2.45, 2.75) is 26.5 Å². The van der Waals surface area contributed by atoms with Crippen molar-refractivity contribution in [2.75, 3.05) is 20.3 Å². The Bertz CT molecular complexity index is 1810. The van der Waals surface area contributed by atoms with Gasteiger partial charge in [-0.3, -0.25) is 9.36 Å². The third-order valence-electron chi connectivity index (χ3n) is 6.48. The Hall–Kier alpha value is -4.70. The molecule has 3 aromatic carbocycles. The summed E-state index contributed by atoms with van der Waals surface area (Å²) in [5.74, 6) is 0.791. The van der Waals surface area contributed by atoms with Gasteiger partial charge in [-0.1, -0.05) is 41.7 Å². The summed E-state index contributed by atoms with van der Waals surface area (Å²) in [4.78, 5) is 31.5. The zero-order valence-electron chi connectivity index (χ0n) is 23.3. The van der Waals surface area contributed by atoms with Gasteiger partial charge in [-0.05, 0) is 73.0 Å². The molecule has 0 unspecified atom stereocenters. The minimum atomic E-state index is -0.781. The number of hydrogen-bond donors (Lipinski definition) is 0. The molecule has 0 aliphatic carbocycles. The standard InChI is InChI=1S/C32H29FN2O6S/c1-4-39-26-14-11-22(17-27(26)40-5-2)29-25(31(37)38-3)18-34-32-35(29)30(36)28(42-32)16-21-7-6-8-24(15-21)41-19-20-9-12-23(33)13-10-20/h6-18,29H,4-5,19H2,1-3H3/b28-16+/t29-/m0/s1. The molecule has 0 fully saturated rings. The van der Waals surface area contributed by atoms with Gasteiger partial charge >= 0.3 is 5.97 Å². The van der Waals surface area contributed by atoms with Crippen molar-refractivity contribution in [3.63, 3.8) is 0 Å². The molecule has 5 rings (SSSR count). The van der Waals surface area contributed by atoms with Crippen LogP contribution in [-0.2, 0) is 16.1 Å². The molecule has 0 saturated carbocycles. The average molecular weight is 589 g/mol. The fourth-order valence-corrected chi connectivity index (χ4v) is 5.55. The van der Waals surface area contributed by atoms with Gasteiger partial charge in [0.15, 0.2) is 16.3 Å². The van der Waals surface area contributed by atoms with Crippen LogP contribution in [0.3, 0.4) is 0 Å². The van der Waals surface area contributed by atoms with Crippen LogP contribution in [0.15, 0.2) is 88.3 Å². The van der Waals surface area contributed by atoms with E-state index in [0.29, 0.717) is 45.4 Å². The summed E-state index contributed by atoms with van der Waals surface area (Å²) in [6, 6.07) is 18.0. The van der Waals surface area contributed by atoms with Crippen LogP contribution in [0.5, 0.6) is 17.2 Å². The lowest BCUT2D eigenvalue weighted by Gasteiger charge is -2.23. The van der Waals surface area contributed by atoms with Crippen molar-refractivity contribution in [3.05, 3.63) is 121 Å². The summed E-state index contributed by atoms with van der Waals surface area (Å²) in [6.45, 7) is 4.90. The Morgan fingerprint density at radius 3 is 2.50 bits per heavy atom. The molecule has 0 spiro atoms. The smallest absolute Gasteiger partial charge is 0.337 e. The molecule has 0 N–H and O–H groups in total. The summed E-state index contributed by atoms with van der Waals surface area (Å²) < 4.78 is 37.6. The number of fused-ring (bicyclic) bond motifs is 1. The predicted octanol–water partition coefficient (Wildman–Crippen LogP) is 4.53. The number of carbonyl (C=O) groups is 1. The first-order valence-electron chi connectivity index (χ1n) is 13.4. The molecule has 216 valence electrons. The lowest BCUT2D eigenvalue weighted by atomic mass is 9.97. The molecule has 1 aliphatic heterocycles. The first-order chi connectivity index (χ1) is 20.4. The third-order valence-corrected chi connectivity index (χ3v) is 7.48. The molecule has 4 aromatic rings. The second-order valence-electron chi connectivity index (χ2n) is 9.24. The quantitative estimate of drug-likeness (QED) is 0.253. The topological polar surface area (TPSA) is 88.4 Å². The molecule has 0 saturated heterocycles. The molecule has 1 atom stereocenters. The van der Waals surface area contributed by atoms with Gasteiger partial charge < -0.3 is 18.9 Å². The van der Waals surface area contributed by atoms with Crippen LogP contribution in [0, 0.1) is 5.82 Å². The van der Waals surface area contributed by atoms with Crippen molar-refractivity contribution in [3.8, 4) is 17.2 Å². The van der Waals surface area contributed by atoms with Gasteiger partial charge in [0, 0.05) is 6.20 Å².